The lowest BCUT2D eigenvalue weighted by atomic mass is 10.2. The van der Waals surface area contributed by atoms with Crippen LogP contribution in [0.3, 0.4) is 0 Å². The van der Waals surface area contributed by atoms with Crippen LogP contribution in [-0.4, -0.2) is 45.9 Å². The van der Waals surface area contributed by atoms with Gasteiger partial charge in [-0.3, -0.25) is 0 Å². The standard InChI is InChI=1S/C21H18Cl2N6/c22-15-5-7-16(8-6-15)29-21-17(13-26-29)20(24-14-25-21)28-11-9-27(10-12-28)19-4-2-1-3-18(19)23/h1-8,13-14H,9-12H2. The van der Waals surface area contributed by atoms with Gasteiger partial charge in [0.1, 0.15) is 12.1 Å². The zero-order chi connectivity index (χ0) is 19.8. The van der Waals surface area contributed by atoms with E-state index < -0.39 is 0 Å². The Labute approximate surface area is 178 Å². The molecule has 0 atom stereocenters. The van der Waals surface area contributed by atoms with Gasteiger partial charge in [-0.2, -0.15) is 5.10 Å². The van der Waals surface area contributed by atoms with Crippen LogP contribution in [-0.2, 0) is 0 Å². The maximum atomic E-state index is 6.36. The van der Waals surface area contributed by atoms with Crippen molar-refractivity contribution < 1.29 is 0 Å². The van der Waals surface area contributed by atoms with Gasteiger partial charge in [-0.05, 0) is 36.4 Å². The molecule has 4 aromatic rings. The molecule has 0 saturated carbocycles. The van der Waals surface area contributed by atoms with Gasteiger partial charge in [-0.1, -0.05) is 35.3 Å². The molecule has 5 rings (SSSR count). The highest BCUT2D eigenvalue weighted by atomic mass is 35.5. The monoisotopic (exact) mass is 424 g/mol. The van der Waals surface area contributed by atoms with Crippen LogP contribution >= 0.6 is 23.2 Å². The van der Waals surface area contributed by atoms with E-state index >= 15 is 0 Å². The Morgan fingerprint density at radius 3 is 2.28 bits per heavy atom. The van der Waals surface area contributed by atoms with E-state index in [9.17, 15) is 0 Å². The number of nitrogens with zero attached hydrogens (tertiary/aromatic N) is 6. The van der Waals surface area contributed by atoms with Crippen molar-refractivity contribution in [2.75, 3.05) is 36.0 Å². The number of piperazine rings is 1. The molecule has 0 unspecified atom stereocenters. The van der Waals surface area contributed by atoms with E-state index in [0.29, 0.717) is 5.02 Å². The highest BCUT2D eigenvalue weighted by molar-refractivity contribution is 6.33. The molecule has 1 fully saturated rings. The van der Waals surface area contributed by atoms with Crippen molar-refractivity contribution in [3.05, 3.63) is 71.1 Å². The van der Waals surface area contributed by atoms with Crippen molar-refractivity contribution in [2.45, 2.75) is 0 Å². The molecular formula is C21H18Cl2N6. The van der Waals surface area contributed by atoms with Crippen LogP contribution in [0.25, 0.3) is 16.7 Å². The number of aromatic nitrogens is 4. The molecule has 0 radical (unpaired) electrons. The summed E-state index contributed by atoms with van der Waals surface area (Å²) in [5.41, 5.74) is 2.78. The normalized spacial score (nSPS) is 14.6. The summed E-state index contributed by atoms with van der Waals surface area (Å²) >= 11 is 12.4. The first-order chi connectivity index (χ1) is 14.2. The Hall–Kier alpha value is -2.83. The number of rotatable bonds is 3. The highest BCUT2D eigenvalue weighted by Crippen LogP contribution is 2.29. The molecule has 0 N–H and O–H groups in total. The molecule has 1 saturated heterocycles. The van der Waals surface area contributed by atoms with Gasteiger partial charge >= 0.3 is 0 Å². The quantitative estimate of drug-likeness (QED) is 0.486. The van der Waals surface area contributed by atoms with E-state index in [0.717, 1.165) is 59.4 Å². The summed E-state index contributed by atoms with van der Waals surface area (Å²) < 4.78 is 1.82. The molecule has 3 heterocycles. The fraction of sp³-hybridized carbons (Fsp3) is 0.190. The number of hydrogen-bond donors (Lipinski definition) is 0. The largest absolute Gasteiger partial charge is 0.367 e. The van der Waals surface area contributed by atoms with Gasteiger partial charge in [0.2, 0.25) is 0 Å². The maximum Gasteiger partial charge on any atom is 0.168 e. The van der Waals surface area contributed by atoms with Crippen LogP contribution in [0.15, 0.2) is 61.1 Å². The molecule has 6 nitrogen and oxygen atoms in total. The van der Waals surface area contributed by atoms with Crippen molar-refractivity contribution in [2.24, 2.45) is 0 Å². The van der Waals surface area contributed by atoms with Gasteiger partial charge in [-0.25, -0.2) is 14.6 Å². The average Bonchev–Trinajstić information content (AvgIpc) is 3.19. The van der Waals surface area contributed by atoms with E-state index in [4.69, 9.17) is 23.2 Å². The van der Waals surface area contributed by atoms with E-state index in [1.54, 1.807) is 6.33 Å². The fourth-order valence-electron chi connectivity index (χ4n) is 3.72. The van der Waals surface area contributed by atoms with Gasteiger partial charge in [0.15, 0.2) is 5.65 Å². The Kier molecular flexibility index (Phi) is 4.73. The highest BCUT2D eigenvalue weighted by Gasteiger charge is 2.22. The first kappa shape index (κ1) is 18.2. The van der Waals surface area contributed by atoms with Crippen LogP contribution in [0.5, 0.6) is 0 Å². The summed E-state index contributed by atoms with van der Waals surface area (Å²) in [7, 11) is 0. The van der Waals surface area contributed by atoms with Crippen molar-refractivity contribution in [1.29, 1.82) is 0 Å². The van der Waals surface area contributed by atoms with Crippen LogP contribution < -0.4 is 9.80 Å². The number of halogens is 2. The Morgan fingerprint density at radius 2 is 1.52 bits per heavy atom. The molecule has 2 aromatic carbocycles. The molecule has 0 bridgehead atoms. The van der Waals surface area contributed by atoms with Crippen LogP contribution in [0.1, 0.15) is 0 Å². The predicted molar refractivity (Wildman–Crippen MR) is 118 cm³/mol. The third kappa shape index (κ3) is 3.39. The molecule has 1 aliphatic heterocycles. The lowest BCUT2D eigenvalue weighted by Crippen LogP contribution is -2.47. The minimum absolute atomic E-state index is 0.692. The van der Waals surface area contributed by atoms with Crippen molar-refractivity contribution >= 4 is 45.7 Å². The van der Waals surface area contributed by atoms with Crippen LogP contribution in [0.4, 0.5) is 11.5 Å². The van der Waals surface area contributed by atoms with Gasteiger partial charge in [0.05, 0.1) is 28.0 Å². The summed E-state index contributed by atoms with van der Waals surface area (Å²) in [6.07, 6.45) is 3.44. The number of fused-ring (bicyclic) bond motifs is 1. The fourth-order valence-corrected chi connectivity index (χ4v) is 4.10. The summed E-state index contributed by atoms with van der Waals surface area (Å²) in [6.45, 7) is 3.45. The Morgan fingerprint density at radius 1 is 0.793 bits per heavy atom. The summed E-state index contributed by atoms with van der Waals surface area (Å²) in [5, 5.41) is 6.96. The summed E-state index contributed by atoms with van der Waals surface area (Å²) in [4.78, 5) is 13.6. The van der Waals surface area contributed by atoms with Crippen molar-refractivity contribution in [3.8, 4) is 5.69 Å². The average molecular weight is 425 g/mol. The molecule has 1 aliphatic rings. The Balaban J connectivity index is 1.42. The summed E-state index contributed by atoms with van der Waals surface area (Å²) in [6, 6.07) is 15.5. The lowest BCUT2D eigenvalue weighted by molar-refractivity contribution is 0.649. The van der Waals surface area contributed by atoms with E-state index in [1.807, 2.05) is 53.3 Å². The van der Waals surface area contributed by atoms with Crippen LogP contribution in [0, 0.1) is 0 Å². The zero-order valence-corrected chi connectivity index (χ0v) is 17.1. The number of hydrogen-bond acceptors (Lipinski definition) is 5. The molecule has 146 valence electrons. The molecule has 0 spiro atoms. The first-order valence-electron chi connectivity index (χ1n) is 9.40. The Bertz CT molecular complexity index is 1150. The molecule has 2 aromatic heterocycles. The second-order valence-electron chi connectivity index (χ2n) is 6.89. The number of benzene rings is 2. The first-order valence-corrected chi connectivity index (χ1v) is 10.2. The third-order valence-electron chi connectivity index (χ3n) is 5.19. The number of para-hydroxylation sites is 1. The van der Waals surface area contributed by atoms with Crippen molar-refractivity contribution in [1.82, 2.24) is 19.7 Å². The second kappa shape index (κ2) is 7.54. The van der Waals surface area contributed by atoms with Gasteiger partial charge in [-0.15, -0.1) is 0 Å². The van der Waals surface area contributed by atoms with E-state index in [-0.39, 0.29) is 0 Å². The van der Waals surface area contributed by atoms with Crippen LogP contribution in [0.2, 0.25) is 10.0 Å². The van der Waals surface area contributed by atoms with Gasteiger partial charge in [0.25, 0.3) is 0 Å². The smallest absolute Gasteiger partial charge is 0.168 e. The van der Waals surface area contributed by atoms with Crippen molar-refractivity contribution in [3.63, 3.8) is 0 Å². The third-order valence-corrected chi connectivity index (χ3v) is 5.76. The predicted octanol–water partition coefficient (Wildman–Crippen LogP) is 4.45. The summed E-state index contributed by atoms with van der Waals surface area (Å²) in [5.74, 6) is 0.911. The van der Waals surface area contributed by atoms with Gasteiger partial charge < -0.3 is 9.80 Å². The molecule has 0 aliphatic carbocycles. The minimum atomic E-state index is 0.692. The minimum Gasteiger partial charge on any atom is -0.367 e. The zero-order valence-electron chi connectivity index (χ0n) is 15.5. The maximum absolute atomic E-state index is 6.36. The molecule has 29 heavy (non-hydrogen) atoms. The van der Waals surface area contributed by atoms with E-state index in [1.165, 1.54) is 0 Å². The molecular weight excluding hydrogens is 407 g/mol. The molecule has 0 amide bonds. The lowest BCUT2D eigenvalue weighted by Gasteiger charge is -2.37. The van der Waals surface area contributed by atoms with Gasteiger partial charge in [0, 0.05) is 31.2 Å². The van der Waals surface area contributed by atoms with E-state index in [2.05, 4.69) is 30.9 Å². The topological polar surface area (TPSA) is 50.1 Å². The number of anilines is 2. The molecule has 8 heteroatoms. The second-order valence-corrected chi connectivity index (χ2v) is 7.74. The SMILES string of the molecule is Clc1ccc(-n2ncc3c(N4CCN(c5ccccc5Cl)CC4)ncnc32)cc1.